The molecule has 2 atom stereocenters. The van der Waals surface area contributed by atoms with Gasteiger partial charge < -0.3 is 9.64 Å². The average molecular weight is 295 g/mol. The molecule has 4 heteroatoms. The number of carbonyl (C=O) groups is 2. The number of amides is 1. The van der Waals surface area contributed by atoms with E-state index in [2.05, 4.69) is 0 Å². The van der Waals surface area contributed by atoms with Gasteiger partial charge in [0, 0.05) is 23.4 Å². The molecule has 21 heavy (non-hydrogen) atoms. The third kappa shape index (κ3) is 3.58. The number of Topliss-reactive ketones (excluding diaryl/α,β-unsaturated/α-hetero) is 1. The van der Waals surface area contributed by atoms with Crippen molar-refractivity contribution in [1.82, 2.24) is 4.90 Å². The van der Waals surface area contributed by atoms with Crippen LogP contribution in [0.25, 0.3) is 0 Å². The van der Waals surface area contributed by atoms with Crippen molar-refractivity contribution in [2.24, 2.45) is 11.3 Å². The molecule has 0 aromatic rings. The Hall–Kier alpha value is -1.06. The Labute approximate surface area is 128 Å². The number of rotatable bonds is 1. The van der Waals surface area contributed by atoms with Crippen LogP contribution in [-0.2, 0) is 9.53 Å². The van der Waals surface area contributed by atoms with E-state index in [4.69, 9.17) is 4.74 Å². The van der Waals surface area contributed by atoms with E-state index in [0.29, 0.717) is 5.78 Å². The summed E-state index contributed by atoms with van der Waals surface area (Å²) in [6.07, 6.45) is 3.38. The summed E-state index contributed by atoms with van der Waals surface area (Å²) in [6, 6.07) is 0.352. The van der Waals surface area contributed by atoms with E-state index in [0.717, 1.165) is 25.7 Å². The third-order valence-electron chi connectivity index (χ3n) is 4.45. The van der Waals surface area contributed by atoms with Crippen molar-refractivity contribution < 1.29 is 14.3 Å². The molecule has 1 amide bonds. The van der Waals surface area contributed by atoms with Crippen molar-refractivity contribution in [3.8, 4) is 0 Å². The average Bonchev–Trinajstić information content (AvgIpc) is 2.56. The van der Waals surface area contributed by atoms with E-state index in [-0.39, 0.29) is 29.5 Å². The van der Waals surface area contributed by atoms with Crippen LogP contribution in [0.4, 0.5) is 4.79 Å². The number of nitrogens with zero attached hydrogens (tertiary/aromatic N) is 1. The first-order valence-electron chi connectivity index (χ1n) is 8.04. The third-order valence-corrected chi connectivity index (χ3v) is 4.45. The fourth-order valence-electron chi connectivity index (χ4n) is 3.62. The summed E-state index contributed by atoms with van der Waals surface area (Å²) in [6.45, 7) is 11.6. The lowest BCUT2D eigenvalue weighted by Crippen LogP contribution is -2.50. The molecular weight excluding hydrogens is 266 g/mol. The highest BCUT2D eigenvalue weighted by molar-refractivity contribution is 5.86. The van der Waals surface area contributed by atoms with Crippen molar-refractivity contribution in [2.75, 3.05) is 0 Å². The second kappa shape index (κ2) is 5.29. The number of hydrogen-bond donors (Lipinski definition) is 0. The normalized spacial score (nSPS) is 29.4. The first-order valence-corrected chi connectivity index (χ1v) is 8.04. The topological polar surface area (TPSA) is 46.6 Å². The number of fused-ring (bicyclic) bond motifs is 2. The van der Waals surface area contributed by atoms with Crippen molar-refractivity contribution in [2.45, 2.75) is 84.9 Å². The Kier molecular flexibility index (Phi) is 4.11. The number of carbonyl (C=O) groups excluding carboxylic acids is 2. The lowest BCUT2D eigenvalue weighted by atomic mass is 9.77. The van der Waals surface area contributed by atoms with E-state index < -0.39 is 5.60 Å². The van der Waals surface area contributed by atoms with Crippen LogP contribution in [0.15, 0.2) is 0 Å². The van der Waals surface area contributed by atoms with Crippen molar-refractivity contribution in [3.63, 3.8) is 0 Å². The second-order valence-corrected chi connectivity index (χ2v) is 8.56. The van der Waals surface area contributed by atoms with Crippen LogP contribution < -0.4 is 0 Å². The predicted molar refractivity (Wildman–Crippen MR) is 82.1 cm³/mol. The summed E-state index contributed by atoms with van der Waals surface area (Å²) in [5, 5.41) is 0. The molecule has 0 spiro atoms. The maximum absolute atomic E-state index is 12.5. The van der Waals surface area contributed by atoms with Gasteiger partial charge >= 0.3 is 6.09 Å². The van der Waals surface area contributed by atoms with Gasteiger partial charge in [-0.2, -0.15) is 0 Å². The first kappa shape index (κ1) is 16.3. The molecule has 120 valence electrons. The Bertz CT molecular complexity index is 416. The SMILES string of the molecule is CC(C)(C)OC(=O)N1C2CCC1CC(C(=O)C(C)(C)C)C2. The van der Waals surface area contributed by atoms with Crippen LogP contribution in [0.2, 0.25) is 0 Å². The van der Waals surface area contributed by atoms with Crippen LogP contribution >= 0.6 is 0 Å². The van der Waals surface area contributed by atoms with Crippen LogP contribution in [0, 0.1) is 11.3 Å². The fraction of sp³-hybridized carbons (Fsp3) is 0.882. The molecule has 2 bridgehead atoms. The predicted octanol–water partition coefficient (Wildman–Crippen LogP) is 3.78. The van der Waals surface area contributed by atoms with Gasteiger partial charge in [-0.05, 0) is 46.5 Å². The molecule has 2 rings (SSSR count). The molecule has 2 heterocycles. The molecule has 0 saturated carbocycles. The van der Waals surface area contributed by atoms with Crippen LogP contribution in [-0.4, -0.2) is 34.5 Å². The first-order chi connectivity index (χ1) is 9.49. The van der Waals surface area contributed by atoms with E-state index in [1.807, 2.05) is 46.4 Å². The smallest absolute Gasteiger partial charge is 0.410 e. The highest BCUT2D eigenvalue weighted by Crippen LogP contribution is 2.41. The zero-order valence-electron chi connectivity index (χ0n) is 14.2. The summed E-state index contributed by atoms with van der Waals surface area (Å²) in [5.74, 6) is 0.435. The van der Waals surface area contributed by atoms with Crippen molar-refractivity contribution in [1.29, 1.82) is 0 Å². The molecule has 2 saturated heterocycles. The molecular formula is C17H29NO3. The van der Waals surface area contributed by atoms with E-state index in [9.17, 15) is 9.59 Å². The number of hydrogen-bond acceptors (Lipinski definition) is 3. The van der Waals surface area contributed by atoms with Gasteiger partial charge in [0.2, 0.25) is 0 Å². The monoisotopic (exact) mass is 295 g/mol. The summed E-state index contributed by atoms with van der Waals surface area (Å²) < 4.78 is 5.52. The molecule has 4 nitrogen and oxygen atoms in total. The Morgan fingerprint density at radius 1 is 0.952 bits per heavy atom. The van der Waals surface area contributed by atoms with Crippen LogP contribution in [0.1, 0.15) is 67.2 Å². The van der Waals surface area contributed by atoms with E-state index in [1.54, 1.807) is 0 Å². The Morgan fingerprint density at radius 3 is 1.81 bits per heavy atom. The van der Waals surface area contributed by atoms with E-state index >= 15 is 0 Å². The molecule has 2 aliphatic heterocycles. The van der Waals surface area contributed by atoms with Gasteiger partial charge in [-0.3, -0.25) is 4.79 Å². The zero-order valence-corrected chi connectivity index (χ0v) is 14.2. The molecule has 2 unspecified atom stereocenters. The summed E-state index contributed by atoms with van der Waals surface area (Å²) in [4.78, 5) is 26.8. The van der Waals surface area contributed by atoms with Gasteiger partial charge in [-0.25, -0.2) is 4.79 Å². The maximum Gasteiger partial charge on any atom is 0.410 e. The van der Waals surface area contributed by atoms with Crippen LogP contribution in [0.5, 0.6) is 0 Å². The van der Waals surface area contributed by atoms with E-state index in [1.165, 1.54) is 0 Å². The molecule has 0 aliphatic carbocycles. The van der Waals surface area contributed by atoms with Crippen LogP contribution in [0.3, 0.4) is 0 Å². The van der Waals surface area contributed by atoms with Gasteiger partial charge in [0.1, 0.15) is 11.4 Å². The minimum Gasteiger partial charge on any atom is -0.444 e. The van der Waals surface area contributed by atoms with Gasteiger partial charge in [0.05, 0.1) is 0 Å². The quantitative estimate of drug-likeness (QED) is 0.739. The standard InChI is InChI=1S/C17H29NO3/c1-16(2,3)14(19)11-9-12-7-8-13(10-11)18(12)15(20)21-17(4,5)6/h11-13H,7-10H2,1-6H3. The lowest BCUT2D eigenvalue weighted by molar-refractivity contribution is -0.132. The maximum atomic E-state index is 12.5. The number of ketones is 1. The van der Waals surface area contributed by atoms with Crippen molar-refractivity contribution >= 4 is 11.9 Å². The van der Waals surface area contributed by atoms with Gasteiger partial charge in [-0.15, -0.1) is 0 Å². The summed E-state index contributed by atoms with van der Waals surface area (Å²) >= 11 is 0. The van der Waals surface area contributed by atoms with Gasteiger partial charge in [-0.1, -0.05) is 20.8 Å². The summed E-state index contributed by atoms with van der Waals surface area (Å²) in [5.41, 5.74) is -0.757. The largest absolute Gasteiger partial charge is 0.444 e. The highest BCUT2D eigenvalue weighted by Gasteiger charge is 2.47. The molecule has 0 aromatic heterocycles. The highest BCUT2D eigenvalue weighted by atomic mass is 16.6. The molecule has 2 aliphatic rings. The molecule has 2 fully saturated rings. The molecule has 0 N–H and O–H groups in total. The second-order valence-electron chi connectivity index (χ2n) is 8.56. The van der Waals surface area contributed by atoms with Gasteiger partial charge in [0.25, 0.3) is 0 Å². The zero-order chi connectivity index (χ0) is 16.0. The summed E-state index contributed by atoms with van der Waals surface area (Å²) in [7, 11) is 0. The Morgan fingerprint density at radius 2 is 1.43 bits per heavy atom. The lowest BCUT2D eigenvalue weighted by Gasteiger charge is -2.40. The fourth-order valence-corrected chi connectivity index (χ4v) is 3.62. The van der Waals surface area contributed by atoms with Gasteiger partial charge in [0.15, 0.2) is 0 Å². The Balaban J connectivity index is 2.06. The molecule has 0 aromatic carbocycles. The minimum atomic E-state index is -0.464. The number of piperidine rings is 1. The number of ether oxygens (including phenoxy) is 1. The molecule has 0 radical (unpaired) electrons. The van der Waals surface area contributed by atoms with Crippen molar-refractivity contribution in [3.05, 3.63) is 0 Å². The minimum absolute atomic E-state index is 0.0983.